The lowest BCUT2D eigenvalue weighted by Crippen LogP contribution is -2.36. The number of carbonyl (C=O) groups is 1. The third-order valence-corrected chi connectivity index (χ3v) is 7.56. The molecule has 1 atom stereocenters. The number of carbonyl (C=O) groups excluding carboxylic acids is 1. The molecule has 0 spiro atoms. The molecule has 1 amide bonds. The van der Waals surface area contributed by atoms with Crippen molar-refractivity contribution in [2.45, 2.75) is 18.2 Å². The van der Waals surface area contributed by atoms with Gasteiger partial charge in [0.25, 0.3) is 0 Å². The Morgan fingerprint density at radius 2 is 1.77 bits per heavy atom. The van der Waals surface area contributed by atoms with E-state index >= 15 is 0 Å². The van der Waals surface area contributed by atoms with Crippen molar-refractivity contribution in [2.75, 3.05) is 49.4 Å². The molecular formula is C29H30ClN5O4S. The van der Waals surface area contributed by atoms with Gasteiger partial charge in [-0.05, 0) is 49.4 Å². The summed E-state index contributed by atoms with van der Waals surface area (Å²) in [6, 6.07) is 22.8. The molecule has 1 aliphatic rings. The Kier molecular flexibility index (Phi) is 9.10. The van der Waals surface area contributed by atoms with Gasteiger partial charge in [-0.2, -0.15) is 0 Å². The molecule has 11 heteroatoms. The van der Waals surface area contributed by atoms with Crippen LogP contribution in [0.15, 0.2) is 78.0 Å². The molecule has 1 aromatic heterocycles. The average Bonchev–Trinajstić information content (AvgIpc) is 3.41. The number of anilines is 2. The smallest absolute Gasteiger partial charge is 0.234 e. The fraction of sp³-hybridized carbons (Fsp3) is 0.276. The van der Waals surface area contributed by atoms with E-state index in [1.165, 1.54) is 11.8 Å². The van der Waals surface area contributed by atoms with Crippen LogP contribution in [0.5, 0.6) is 11.5 Å². The summed E-state index contributed by atoms with van der Waals surface area (Å²) in [6.45, 7) is 4.82. The number of nitrogens with zero attached hydrogens (tertiary/aromatic N) is 4. The minimum atomic E-state index is -0.445. The zero-order valence-corrected chi connectivity index (χ0v) is 23.8. The normalized spacial score (nSPS) is 14.0. The summed E-state index contributed by atoms with van der Waals surface area (Å²) in [4.78, 5) is 15.1. The summed E-state index contributed by atoms with van der Waals surface area (Å²) in [5.74, 6) is 1.79. The molecule has 0 aliphatic carbocycles. The lowest BCUT2D eigenvalue weighted by Gasteiger charge is -2.29. The number of ether oxygens (including phenoxy) is 3. The third-order valence-electron chi connectivity index (χ3n) is 6.32. The van der Waals surface area contributed by atoms with Gasteiger partial charge in [0, 0.05) is 24.5 Å². The van der Waals surface area contributed by atoms with E-state index < -0.39 is 6.10 Å². The molecule has 9 nitrogen and oxygen atoms in total. The van der Waals surface area contributed by atoms with Gasteiger partial charge in [-0.3, -0.25) is 9.36 Å². The second-order valence-electron chi connectivity index (χ2n) is 9.03. The van der Waals surface area contributed by atoms with E-state index in [4.69, 9.17) is 25.8 Å². The standard InChI is InChI=1S/C29H30ClN5O4S/c1-20(39-26-11-7-6-10-25(26)37-2)28-32-33-29(35(28)22-8-4-3-5-9-22)40-19-27(36)31-21-12-13-24(23(30)18-21)34-14-16-38-17-15-34/h3-13,18,20H,14-17,19H2,1-2H3,(H,31,36). The van der Waals surface area contributed by atoms with Crippen LogP contribution in [0, 0.1) is 0 Å². The molecular weight excluding hydrogens is 550 g/mol. The first-order valence-corrected chi connectivity index (χ1v) is 14.2. The highest BCUT2D eigenvalue weighted by Crippen LogP contribution is 2.33. The first-order chi connectivity index (χ1) is 19.5. The number of hydrogen-bond acceptors (Lipinski definition) is 8. The summed E-state index contributed by atoms with van der Waals surface area (Å²) in [5.41, 5.74) is 2.44. The zero-order valence-electron chi connectivity index (χ0n) is 22.2. The fourth-order valence-electron chi connectivity index (χ4n) is 4.39. The highest BCUT2D eigenvalue weighted by atomic mass is 35.5. The summed E-state index contributed by atoms with van der Waals surface area (Å²) < 4.78 is 19.0. The van der Waals surface area contributed by atoms with Gasteiger partial charge in [-0.1, -0.05) is 53.7 Å². The van der Waals surface area contributed by atoms with Crippen molar-refractivity contribution < 1.29 is 19.0 Å². The molecule has 40 heavy (non-hydrogen) atoms. The van der Waals surface area contributed by atoms with Crippen molar-refractivity contribution in [1.29, 1.82) is 0 Å². The number of hydrogen-bond donors (Lipinski definition) is 1. The lowest BCUT2D eigenvalue weighted by atomic mass is 10.2. The van der Waals surface area contributed by atoms with Gasteiger partial charge in [0.05, 0.1) is 36.8 Å². The van der Waals surface area contributed by atoms with Crippen molar-refractivity contribution in [3.05, 3.63) is 83.6 Å². The molecule has 0 bridgehead atoms. The summed E-state index contributed by atoms with van der Waals surface area (Å²) >= 11 is 7.83. The first-order valence-electron chi connectivity index (χ1n) is 12.9. The maximum absolute atomic E-state index is 12.9. The Balaban J connectivity index is 1.29. The van der Waals surface area contributed by atoms with Crippen LogP contribution in [0.3, 0.4) is 0 Å². The molecule has 2 heterocycles. The van der Waals surface area contributed by atoms with Gasteiger partial charge in [0.2, 0.25) is 5.91 Å². The van der Waals surface area contributed by atoms with Crippen LogP contribution in [-0.4, -0.2) is 59.8 Å². The Labute approximate surface area is 242 Å². The first kappa shape index (κ1) is 27.8. The predicted octanol–water partition coefficient (Wildman–Crippen LogP) is 5.64. The summed E-state index contributed by atoms with van der Waals surface area (Å²) in [5, 5.41) is 12.9. The van der Waals surface area contributed by atoms with Gasteiger partial charge in [0.1, 0.15) is 0 Å². The molecule has 1 saturated heterocycles. The SMILES string of the molecule is COc1ccccc1OC(C)c1nnc(SCC(=O)Nc2ccc(N3CCOCC3)c(Cl)c2)n1-c1ccccc1. The van der Waals surface area contributed by atoms with E-state index in [0.717, 1.165) is 24.5 Å². The number of halogens is 1. The van der Waals surface area contributed by atoms with Crippen molar-refractivity contribution in [3.8, 4) is 17.2 Å². The largest absolute Gasteiger partial charge is 0.493 e. The quantitative estimate of drug-likeness (QED) is 0.242. The van der Waals surface area contributed by atoms with E-state index in [-0.39, 0.29) is 11.7 Å². The molecule has 1 N–H and O–H groups in total. The molecule has 0 radical (unpaired) electrons. The van der Waals surface area contributed by atoms with Gasteiger partial charge in [0.15, 0.2) is 28.6 Å². The number of thioether (sulfide) groups is 1. The highest BCUT2D eigenvalue weighted by Gasteiger charge is 2.23. The minimum Gasteiger partial charge on any atom is -0.493 e. The number of morpholine rings is 1. The summed E-state index contributed by atoms with van der Waals surface area (Å²) in [6.07, 6.45) is -0.445. The van der Waals surface area contributed by atoms with Crippen LogP contribution in [0.1, 0.15) is 18.9 Å². The van der Waals surface area contributed by atoms with Gasteiger partial charge >= 0.3 is 0 Å². The third kappa shape index (κ3) is 6.52. The molecule has 4 aromatic rings. The number of rotatable bonds is 10. The Morgan fingerprint density at radius 1 is 1.05 bits per heavy atom. The second-order valence-corrected chi connectivity index (χ2v) is 10.4. The molecule has 5 rings (SSSR count). The van der Waals surface area contributed by atoms with Crippen molar-refractivity contribution in [3.63, 3.8) is 0 Å². The van der Waals surface area contributed by atoms with Crippen LogP contribution in [0.25, 0.3) is 5.69 Å². The van der Waals surface area contributed by atoms with Gasteiger partial charge < -0.3 is 24.4 Å². The van der Waals surface area contributed by atoms with E-state index in [2.05, 4.69) is 20.4 Å². The van der Waals surface area contributed by atoms with Crippen molar-refractivity contribution >= 4 is 40.6 Å². The highest BCUT2D eigenvalue weighted by molar-refractivity contribution is 7.99. The maximum atomic E-state index is 12.9. The van der Waals surface area contributed by atoms with E-state index in [1.54, 1.807) is 13.2 Å². The monoisotopic (exact) mass is 579 g/mol. The number of amides is 1. The molecule has 3 aromatic carbocycles. The molecule has 1 aliphatic heterocycles. The molecule has 1 unspecified atom stereocenters. The van der Waals surface area contributed by atoms with Gasteiger partial charge in [-0.25, -0.2) is 0 Å². The number of benzene rings is 3. The van der Waals surface area contributed by atoms with Gasteiger partial charge in [-0.15, -0.1) is 10.2 Å². The van der Waals surface area contributed by atoms with E-state index in [0.29, 0.717) is 46.4 Å². The predicted molar refractivity (Wildman–Crippen MR) is 157 cm³/mol. The number of nitrogens with one attached hydrogen (secondary N) is 1. The Hall–Kier alpha value is -3.73. The van der Waals surface area contributed by atoms with Crippen molar-refractivity contribution in [1.82, 2.24) is 14.8 Å². The summed E-state index contributed by atoms with van der Waals surface area (Å²) in [7, 11) is 1.60. The van der Waals surface area contributed by atoms with E-state index in [9.17, 15) is 4.79 Å². The van der Waals surface area contributed by atoms with Crippen LogP contribution >= 0.6 is 23.4 Å². The average molecular weight is 580 g/mol. The van der Waals surface area contributed by atoms with Crippen LogP contribution in [0.4, 0.5) is 11.4 Å². The second kappa shape index (κ2) is 13.1. The topological polar surface area (TPSA) is 90.7 Å². The molecule has 0 saturated carbocycles. The zero-order chi connectivity index (χ0) is 27.9. The fourth-order valence-corrected chi connectivity index (χ4v) is 5.45. The maximum Gasteiger partial charge on any atom is 0.234 e. The lowest BCUT2D eigenvalue weighted by molar-refractivity contribution is -0.113. The minimum absolute atomic E-state index is 0.134. The Bertz CT molecular complexity index is 1450. The molecule has 1 fully saturated rings. The van der Waals surface area contributed by atoms with Crippen LogP contribution in [0.2, 0.25) is 5.02 Å². The molecule has 208 valence electrons. The van der Waals surface area contributed by atoms with E-state index in [1.807, 2.05) is 78.2 Å². The number of para-hydroxylation sites is 3. The number of aromatic nitrogens is 3. The number of methoxy groups -OCH3 is 1. The van der Waals surface area contributed by atoms with Crippen molar-refractivity contribution in [2.24, 2.45) is 0 Å². The van der Waals surface area contributed by atoms with Crippen LogP contribution in [-0.2, 0) is 9.53 Å². The van der Waals surface area contributed by atoms with Crippen LogP contribution < -0.4 is 19.7 Å². The Morgan fingerprint density at radius 3 is 2.50 bits per heavy atom.